The molecule has 0 unspecified atom stereocenters. The number of allylic oxidation sites excluding steroid dienone is 1. The van der Waals surface area contributed by atoms with E-state index >= 15 is 0 Å². The van der Waals surface area contributed by atoms with E-state index in [1.807, 2.05) is 49.4 Å². The fourth-order valence-corrected chi connectivity index (χ4v) is 2.93. The van der Waals surface area contributed by atoms with Crippen LogP contribution in [0.3, 0.4) is 0 Å². The molecule has 0 saturated heterocycles. The summed E-state index contributed by atoms with van der Waals surface area (Å²) in [4.78, 5) is 24.1. The third-order valence-electron chi connectivity index (χ3n) is 4.36. The van der Waals surface area contributed by atoms with Gasteiger partial charge in [-0.3, -0.25) is 15.0 Å². The lowest BCUT2D eigenvalue weighted by Gasteiger charge is -2.11. The molecule has 3 rings (SSSR count). The van der Waals surface area contributed by atoms with E-state index in [4.69, 9.17) is 16.3 Å². The zero-order valence-electron chi connectivity index (χ0n) is 16.7. The van der Waals surface area contributed by atoms with Gasteiger partial charge in [0.15, 0.2) is 6.61 Å². The van der Waals surface area contributed by atoms with Crippen LogP contribution in [0.5, 0.6) is 5.75 Å². The molecule has 0 fully saturated rings. The van der Waals surface area contributed by atoms with Gasteiger partial charge >= 0.3 is 0 Å². The Balaban J connectivity index is 1.47. The summed E-state index contributed by atoms with van der Waals surface area (Å²) in [5.41, 5.74) is 7.06. The normalized spacial score (nSPS) is 11.1. The maximum Gasteiger partial charge on any atom is 0.276 e. The molecule has 0 aromatic heterocycles. The van der Waals surface area contributed by atoms with Crippen LogP contribution in [0.15, 0.2) is 72.4 Å². The average Bonchev–Trinajstić information content (AvgIpc) is 2.74. The van der Waals surface area contributed by atoms with Crippen molar-refractivity contribution in [2.75, 3.05) is 11.9 Å². The van der Waals surface area contributed by atoms with Crippen LogP contribution in [0.1, 0.15) is 12.5 Å². The summed E-state index contributed by atoms with van der Waals surface area (Å²) in [6.45, 7) is 3.32. The van der Waals surface area contributed by atoms with E-state index in [-0.39, 0.29) is 18.4 Å². The van der Waals surface area contributed by atoms with Crippen molar-refractivity contribution in [2.24, 2.45) is 0 Å². The van der Waals surface area contributed by atoms with E-state index < -0.39 is 0 Å². The van der Waals surface area contributed by atoms with Crippen LogP contribution >= 0.6 is 11.6 Å². The number of hydrogen-bond donors (Lipinski definition) is 3. The first-order chi connectivity index (χ1) is 14.4. The van der Waals surface area contributed by atoms with E-state index in [0.717, 1.165) is 16.3 Å². The number of carbonyl (C=O) groups excluding carboxylic acids is 2. The number of anilines is 1. The molecule has 0 bridgehead atoms. The fourth-order valence-electron chi connectivity index (χ4n) is 2.75. The molecular weight excluding hydrogens is 402 g/mol. The number of nitrogens with one attached hydrogen (secondary N) is 3. The second-order valence-corrected chi connectivity index (χ2v) is 7.11. The number of carbonyl (C=O) groups is 2. The van der Waals surface area contributed by atoms with Crippen molar-refractivity contribution in [3.8, 4) is 5.75 Å². The fraction of sp³-hybridized carbons (Fsp3) is 0.130. The van der Waals surface area contributed by atoms with Crippen molar-refractivity contribution in [3.63, 3.8) is 0 Å². The van der Waals surface area contributed by atoms with E-state index in [2.05, 4.69) is 16.2 Å². The minimum atomic E-state index is -0.373. The van der Waals surface area contributed by atoms with Gasteiger partial charge in [-0.1, -0.05) is 48.0 Å². The largest absolute Gasteiger partial charge is 0.484 e. The molecule has 0 aliphatic rings. The van der Waals surface area contributed by atoms with E-state index in [0.29, 0.717) is 22.2 Å². The molecule has 0 aliphatic carbocycles. The third-order valence-corrected chi connectivity index (χ3v) is 4.77. The number of amides is 2. The average molecular weight is 424 g/mol. The highest BCUT2D eigenvalue weighted by atomic mass is 35.5. The van der Waals surface area contributed by atoms with Crippen molar-refractivity contribution in [3.05, 3.63) is 83.0 Å². The van der Waals surface area contributed by atoms with Gasteiger partial charge in [-0.2, -0.15) is 0 Å². The standard InChI is InChI=1S/C23H22ClN3O3/c1-15(12-22(28)25-21-9-5-8-20(24)16(21)2)26-27-23(29)14-30-19-11-10-17-6-3-4-7-18(17)13-19/h3-13,26H,14H2,1-2H3,(H,25,28)(H,27,29). The molecular formula is C23H22ClN3O3. The predicted octanol–water partition coefficient (Wildman–Crippen LogP) is 4.34. The van der Waals surface area contributed by atoms with Gasteiger partial charge in [-0.25, -0.2) is 0 Å². The Morgan fingerprint density at radius 1 is 1.00 bits per heavy atom. The second kappa shape index (κ2) is 9.80. The Bertz CT molecular complexity index is 1110. The van der Waals surface area contributed by atoms with Crippen molar-refractivity contribution in [1.29, 1.82) is 0 Å². The number of fused-ring (bicyclic) bond motifs is 1. The number of rotatable bonds is 7. The molecule has 3 aromatic carbocycles. The van der Waals surface area contributed by atoms with Crippen LogP contribution in [0.25, 0.3) is 10.8 Å². The molecule has 0 spiro atoms. The summed E-state index contributed by atoms with van der Waals surface area (Å²) in [5, 5.41) is 5.46. The molecule has 0 atom stereocenters. The van der Waals surface area contributed by atoms with Crippen LogP contribution in [-0.2, 0) is 9.59 Å². The SMILES string of the molecule is CC(=CC(=O)Nc1cccc(Cl)c1C)NNC(=O)COc1ccc2ccccc2c1. The van der Waals surface area contributed by atoms with E-state index in [1.165, 1.54) is 6.08 Å². The molecule has 6 nitrogen and oxygen atoms in total. The van der Waals surface area contributed by atoms with Gasteiger partial charge in [-0.05, 0) is 54.4 Å². The molecule has 154 valence electrons. The first-order valence-electron chi connectivity index (χ1n) is 9.33. The minimum Gasteiger partial charge on any atom is -0.484 e. The van der Waals surface area contributed by atoms with Crippen molar-refractivity contribution < 1.29 is 14.3 Å². The van der Waals surface area contributed by atoms with Gasteiger partial charge in [0.05, 0.1) is 0 Å². The Morgan fingerprint density at radius 2 is 1.77 bits per heavy atom. The lowest BCUT2D eigenvalue weighted by molar-refractivity contribution is -0.124. The van der Waals surface area contributed by atoms with Crippen molar-refractivity contribution >= 4 is 39.9 Å². The monoisotopic (exact) mass is 423 g/mol. The highest BCUT2D eigenvalue weighted by Crippen LogP contribution is 2.23. The van der Waals surface area contributed by atoms with E-state index in [9.17, 15) is 9.59 Å². The van der Waals surface area contributed by atoms with Crippen LogP contribution in [0.2, 0.25) is 5.02 Å². The summed E-state index contributed by atoms with van der Waals surface area (Å²) in [6, 6.07) is 18.8. The summed E-state index contributed by atoms with van der Waals surface area (Å²) in [5.74, 6) is -0.110. The lowest BCUT2D eigenvalue weighted by Crippen LogP contribution is -2.39. The Kier molecular flexibility index (Phi) is 6.93. The zero-order chi connectivity index (χ0) is 21.5. The van der Waals surface area contributed by atoms with Crippen molar-refractivity contribution in [2.45, 2.75) is 13.8 Å². The van der Waals surface area contributed by atoms with Gasteiger partial charge in [0.2, 0.25) is 5.91 Å². The van der Waals surface area contributed by atoms with Crippen LogP contribution < -0.4 is 20.9 Å². The predicted molar refractivity (Wildman–Crippen MR) is 119 cm³/mol. The maximum absolute atomic E-state index is 12.1. The van der Waals surface area contributed by atoms with Crippen molar-refractivity contribution in [1.82, 2.24) is 10.9 Å². The first-order valence-corrected chi connectivity index (χ1v) is 9.71. The van der Waals surface area contributed by atoms with Crippen LogP contribution in [0.4, 0.5) is 5.69 Å². The minimum absolute atomic E-state index is 0.160. The van der Waals surface area contributed by atoms with Crippen LogP contribution in [-0.4, -0.2) is 18.4 Å². The zero-order valence-corrected chi connectivity index (χ0v) is 17.4. The maximum atomic E-state index is 12.1. The molecule has 2 amide bonds. The summed E-state index contributed by atoms with van der Waals surface area (Å²) in [7, 11) is 0. The smallest absolute Gasteiger partial charge is 0.276 e. The molecule has 3 aromatic rings. The second-order valence-electron chi connectivity index (χ2n) is 6.70. The molecule has 0 saturated carbocycles. The molecule has 3 N–H and O–H groups in total. The Morgan fingerprint density at radius 3 is 2.57 bits per heavy atom. The highest BCUT2D eigenvalue weighted by molar-refractivity contribution is 6.31. The number of ether oxygens (including phenoxy) is 1. The Labute approximate surface area is 179 Å². The summed E-state index contributed by atoms with van der Waals surface area (Å²) in [6.07, 6.45) is 1.34. The van der Waals surface area contributed by atoms with Gasteiger partial charge < -0.3 is 15.5 Å². The summed E-state index contributed by atoms with van der Waals surface area (Å²) >= 11 is 6.05. The number of halogens is 1. The first kappa shape index (κ1) is 21.2. The van der Waals surface area contributed by atoms with E-state index in [1.54, 1.807) is 25.1 Å². The van der Waals surface area contributed by atoms with Crippen LogP contribution in [0, 0.1) is 6.92 Å². The summed E-state index contributed by atoms with van der Waals surface area (Å²) < 4.78 is 5.53. The lowest BCUT2D eigenvalue weighted by atomic mass is 10.1. The number of hydrogen-bond acceptors (Lipinski definition) is 4. The van der Waals surface area contributed by atoms with Gasteiger partial charge in [0.25, 0.3) is 5.91 Å². The van der Waals surface area contributed by atoms with Gasteiger partial charge in [-0.15, -0.1) is 0 Å². The Hall–Kier alpha value is -3.51. The number of hydrazine groups is 1. The molecule has 0 heterocycles. The van der Waals surface area contributed by atoms with Gasteiger partial charge in [0, 0.05) is 22.5 Å². The molecule has 0 aliphatic heterocycles. The van der Waals surface area contributed by atoms with Gasteiger partial charge in [0.1, 0.15) is 5.75 Å². The molecule has 0 radical (unpaired) electrons. The number of benzene rings is 3. The third kappa shape index (κ3) is 5.75. The molecule has 7 heteroatoms. The highest BCUT2D eigenvalue weighted by Gasteiger charge is 2.07. The molecule has 30 heavy (non-hydrogen) atoms. The quantitative estimate of drug-likeness (QED) is 0.390. The topological polar surface area (TPSA) is 79.5 Å².